The summed E-state index contributed by atoms with van der Waals surface area (Å²) in [7, 11) is 1.35. The Bertz CT molecular complexity index is 707. The van der Waals surface area contributed by atoms with Crippen LogP contribution < -0.4 is 0 Å². The number of para-hydroxylation sites is 2. The molecule has 5 nitrogen and oxygen atoms in total. The van der Waals surface area contributed by atoms with Crippen LogP contribution in [0, 0.1) is 11.3 Å². The summed E-state index contributed by atoms with van der Waals surface area (Å²) in [4.78, 5) is 15.8. The zero-order valence-electron chi connectivity index (χ0n) is 11.5. The van der Waals surface area contributed by atoms with Crippen molar-refractivity contribution in [3.63, 3.8) is 0 Å². The molecular formula is C15H15N3O2. The maximum absolute atomic E-state index is 11.4. The first-order chi connectivity index (χ1) is 9.67. The number of allylic oxidation sites excluding steroid dienone is 1. The number of rotatable bonds is 4. The summed E-state index contributed by atoms with van der Waals surface area (Å²) in [5.41, 5.74) is 2.33. The number of nitrogens with zero attached hydrogens (tertiary/aromatic N) is 3. The molecule has 20 heavy (non-hydrogen) atoms. The van der Waals surface area contributed by atoms with Crippen LogP contribution in [0.3, 0.4) is 0 Å². The third kappa shape index (κ3) is 2.69. The Labute approximate surface area is 117 Å². The lowest BCUT2D eigenvalue weighted by Crippen LogP contribution is -2.06. The van der Waals surface area contributed by atoms with Gasteiger partial charge in [-0.2, -0.15) is 5.26 Å². The molecule has 0 saturated carbocycles. The van der Waals surface area contributed by atoms with Crippen molar-refractivity contribution in [3.8, 4) is 6.07 Å². The smallest absolute Gasteiger partial charge is 0.333 e. The predicted molar refractivity (Wildman–Crippen MR) is 74.8 cm³/mol. The number of imidazole rings is 1. The number of carbonyl (C=O) groups excluding carboxylic acids is 1. The van der Waals surface area contributed by atoms with E-state index in [1.54, 1.807) is 13.0 Å². The van der Waals surface area contributed by atoms with Crippen molar-refractivity contribution >= 4 is 17.0 Å². The van der Waals surface area contributed by atoms with Gasteiger partial charge in [0, 0.05) is 12.1 Å². The van der Waals surface area contributed by atoms with Crippen LogP contribution in [0.1, 0.15) is 12.7 Å². The average molecular weight is 269 g/mol. The van der Waals surface area contributed by atoms with E-state index in [2.05, 4.69) is 15.8 Å². The van der Waals surface area contributed by atoms with Crippen LogP contribution in [0.15, 0.2) is 35.9 Å². The first-order valence-electron chi connectivity index (χ1n) is 6.23. The van der Waals surface area contributed by atoms with Crippen molar-refractivity contribution in [1.82, 2.24) is 9.55 Å². The molecule has 0 aliphatic carbocycles. The second kappa shape index (κ2) is 6.02. The van der Waals surface area contributed by atoms with Crippen LogP contribution >= 0.6 is 0 Å². The highest BCUT2D eigenvalue weighted by molar-refractivity contribution is 5.87. The Morgan fingerprint density at radius 2 is 2.25 bits per heavy atom. The summed E-state index contributed by atoms with van der Waals surface area (Å²) < 4.78 is 6.60. The van der Waals surface area contributed by atoms with E-state index in [-0.39, 0.29) is 12.4 Å². The highest BCUT2D eigenvalue weighted by Crippen LogP contribution is 2.16. The molecule has 5 heteroatoms. The van der Waals surface area contributed by atoms with E-state index in [0.717, 1.165) is 11.0 Å². The molecule has 0 aliphatic rings. The molecule has 102 valence electrons. The average Bonchev–Trinajstić information content (AvgIpc) is 2.81. The largest absolute Gasteiger partial charge is 0.466 e. The van der Waals surface area contributed by atoms with E-state index in [1.165, 1.54) is 7.11 Å². The first-order valence-corrected chi connectivity index (χ1v) is 6.23. The van der Waals surface area contributed by atoms with Gasteiger partial charge in [-0.3, -0.25) is 0 Å². The highest BCUT2D eigenvalue weighted by Gasteiger charge is 2.10. The minimum absolute atomic E-state index is 0.236. The van der Waals surface area contributed by atoms with Gasteiger partial charge in [-0.1, -0.05) is 18.2 Å². The Morgan fingerprint density at radius 3 is 2.95 bits per heavy atom. The lowest BCUT2D eigenvalue weighted by Gasteiger charge is -2.05. The minimum atomic E-state index is -0.351. The van der Waals surface area contributed by atoms with Gasteiger partial charge < -0.3 is 9.30 Å². The summed E-state index contributed by atoms with van der Waals surface area (Å²) in [5, 5.41) is 8.88. The first kappa shape index (κ1) is 13.8. The van der Waals surface area contributed by atoms with Crippen LogP contribution in [-0.4, -0.2) is 22.6 Å². The summed E-state index contributed by atoms with van der Waals surface area (Å²) >= 11 is 0. The number of ether oxygens (including phenoxy) is 1. The van der Waals surface area contributed by atoms with Gasteiger partial charge in [-0.25, -0.2) is 9.78 Å². The SMILES string of the molecule is COC(=O)C(C)=CCn1c(CC#N)nc2ccccc21. The molecule has 1 heterocycles. The van der Waals surface area contributed by atoms with E-state index >= 15 is 0 Å². The fourth-order valence-corrected chi connectivity index (χ4v) is 2.01. The molecule has 0 atom stereocenters. The molecule has 0 N–H and O–H groups in total. The lowest BCUT2D eigenvalue weighted by molar-refractivity contribution is -0.136. The molecule has 2 aromatic rings. The molecule has 1 aromatic carbocycles. The maximum atomic E-state index is 11.4. The Balaban J connectivity index is 2.39. The molecule has 0 aliphatic heterocycles. The van der Waals surface area contributed by atoms with Crippen LogP contribution in [0.4, 0.5) is 0 Å². The molecule has 0 radical (unpaired) electrons. The van der Waals surface area contributed by atoms with Gasteiger partial charge in [0.2, 0.25) is 0 Å². The molecule has 0 unspecified atom stereocenters. The fraction of sp³-hybridized carbons (Fsp3) is 0.267. The summed E-state index contributed by atoms with van der Waals surface area (Å²) in [5.74, 6) is 0.346. The van der Waals surface area contributed by atoms with E-state index in [0.29, 0.717) is 17.9 Å². The van der Waals surface area contributed by atoms with E-state index in [1.807, 2.05) is 28.8 Å². The second-order valence-corrected chi connectivity index (χ2v) is 4.34. The van der Waals surface area contributed by atoms with Gasteiger partial charge in [0.25, 0.3) is 0 Å². The molecule has 0 saturated heterocycles. The summed E-state index contributed by atoms with van der Waals surface area (Å²) in [6.45, 7) is 2.19. The van der Waals surface area contributed by atoms with Gasteiger partial charge >= 0.3 is 5.97 Å². The maximum Gasteiger partial charge on any atom is 0.333 e. The predicted octanol–water partition coefficient (Wildman–Crippen LogP) is 2.22. The molecule has 0 amide bonds. The third-order valence-corrected chi connectivity index (χ3v) is 3.06. The monoisotopic (exact) mass is 269 g/mol. The fourth-order valence-electron chi connectivity index (χ4n) is 2.01. The van der Waals surface area contributed by atoms with Crippen molar-refractivity contribution in [2.75, 3.05) is 7.11 Å². The normalized spacial score (nSPS) is 11.3. The molecule has 1 aromatic heterocycles. The van der Waals surface area contributed by atoms with Gasteiger partial charge in [0.1, 0.15) is 5.82 Å². The number of carbonyl (C=O) groups is 1. The van der Waals surface area contributed by atoms with Crippen molar-refractivity contribution < 1.29 is 9.53 Å². The highest BCUT2D eigenvalue weighted by atomic mass is 16.5. The van der Waals surface area contributed by atoms with Crippen LogP contribution in [0.5, 0.6) is 0 Å². The van der Waals surface area contributed by atoms with E-state index < -0.39 is 0 Å². The minimum Gasteiger partial charge on any atom is -0.466 e. The van der Waals surface area contributed by atoms with E-state index in [9.17, 15) is 4.79 Å². The number of hydrogen-bond acceptors (Lipinski definition) is 4. The Hall–Kier alpha value is -2.61. The van der Waals surface area contributed by atoms with Crippen molar-refractivity contribution in [2.45, 2.75) is 19.9 Å². The van der Waals surface area contributed by atoms with Crippen molar-refractivity contribution in [1.29, 1.82) is 5.26 Å². The standard InChI is InChI=1S/C15H15N3O2/c1-11(15(19)20-2)8-10-18-13-6-4-3-5-12(13)17-14(18)7-9-16/h3-6,8H,7,10H2,1-2H3. The van der Waals surface area contributed by atoms with Gasteiger partial charge in [0.05, 0.1) is 30.6 Å². The molecular weight excluding hydrogens is 254 g/mol. The zero-order valence-corrected chi connectivity index (χ0v) is 11.5. The topological polar surface area (TPSA) is 67.9 Å². The Kier molecular flexibility index (Phi) is 4.16. The van der Waals surface area contributed by atoms with Gasteiger partial charge in [-0.15, -0.1) is 0 Å². The number of methoxy groups -OCH3 is 1. The number of benzene rings is 1. The van der Waals surface area contributed by atoms with Crippen LogP contribution in [-0.2, 0) is 22.5 Å². The summed E-state index contributed by atoms with van der Waals surface area (Å²) in [6.07, 6.45) is 2.01. The number of nitriles is 1. The second-order valence-electron chi connectivity index (χ2n) is 4.34. The number of esters is 1. The number of fused-ring (bicyclic) bond motifs is 1. The molecule has 0 spiro atoms. The van der Waals surface area contributed by atoms with Crippen LogP contribution in [0.2, 0.25) is 0 Å². The zero-order chi connectivity index (χ0) is 14.5. The van der Waals surface area contributed by atoms with Gasteiger partial charge in [-0.05, 0) is 19.1 Å². The molecule has 2 rings (SSSR count). The third-order valence-electron chi connectivity index (χ3n) is 3.06. The Morgan fingerprint density at radius 1 is 1.50 bits per heavy atom. The van der Waals surface area contributed by atoms with Crippen molar-refractivity contribution in [3.05, 3.63) is 41.7 Å². The van der Waals surface area contributed by atoms with E-state index in [4.69, 9.17) is 5.26 Å². The quantitative estimate of drug-likeness (QED) is 0.630. The molecule has 0 fully saturated rings. The van der Waals surface area contributed by atoms with Crippen LogP contribution in [0.25, 0.3) is 11.0 Å². The van der Waals surface area contributed by atoms with Crippen molar-refractivity contribution in [2.24, 2.45) is 0 Å². The lowest BCUT2D eigenvalue weighted by atomic mass is 10.2. The number of hydrogen-bond donors (Lipinski definition) is 0. The molecule has 0 bridgehead atoms. The number of aromatic nitrogens is 2. The summed E-state index contributed by atoms with van der Waals surface area (Å²) in [6, 6.07) is 9.80. The van der Waals surface area contributed by atoms with Gasteiger partial charge in [0.15, 0.2) is 0 Å².